The number of hydrogen-bond acceptors (Lipinski definition) is 12. The molecule has 7 atom stereocenters. The van der Waals surface area contributed by atoms with Gasteiger partial charge in [0, 0.05) is 12.8 Å². The first kappa shape index (κ1) is 24.7. The Balaban J connectivity index is 0.000000186. The minimum atomic E-state index is -0.792. The number of hydrogen-bond donors (Lipinski definition) is 8. The van der Waals surface area contributed by atoms with Crippen LogP contribution in [0.1, 0.15) is 26.0 Å². The molecule has 2 amide bonds. The molecule has 4 heterocycles. The van der Waals surface area contributed by atoms with Crippen LogP contribution in [0.5, 0.6) is 0 Å². The summed E-state index contributed by atoms with van der Waals surface area (Å²) >= 11 is 0. The molecular weight excluding hydrogens is 444 g/mol. The third-order valence-corrected chi connectivity index (χ3v) is 5.38. The molecule has 16 heteroatoms. The number of carbonyl (C=O) groups excluding carboxylic acids is 1. The lowest BCUT2D eigenvalue weighted by atomic mass is 10.2. The molecule has 0 aliphatic carbocycles. The smallest absolute Gasteiger partial charge is 0.394 e. The van der Waals surface area contributed by atoms with Crippen molar-refractivity contribution >= 4 is 17.9 Å². The number of nitrogen functional groups attached to an aromatic ring is 1. The van der Waals surface area contributed by atoms with Crippen LogP contribution >= 0.6 is 0 Å². The van der Waals surface area contributed by atoms with Crippen molar-refractivity contribution in [2.75, 3.05) is 18.9 Å². The van der Waals surface area contributed by atoms with Crippen LogP contribution in [0.4, 0.5) is 10.7 Å². The fourth-order valence-electron chi connectivity index (χ4n) is 3.70. The molecule has 3 aliphatic rings. The van der Waals surface area contributed by atoms with E-state index >= 15 is 0 Å². The van der Waals surface area contributed by atoms with Crippen LogP contribution in [0, 0.1) is 0 Å². The van der Waals surface area contributed by atoms with Gasteiger partial charge in [0.2, 0.25) is 6.33 Å². The topological polar surface area (TPSA) is 246 Å². The highest BCUT2D eigenvalue weighted by atomic mass is 16.5. The normalized spacial score (nSPS) is 33.8. The van der Waals surface area contributed by atoms with Gasteiger partial charge in [-0.1, -0.05) is 4.98 Å². The third-order valence-electron chi connectivity index (χ3n) is 5.38. The lowest BCUT2D eigenvalue weighted by molar-refractivity contribution is -0.776. The highest BCUT2D eigenvalue weighted by molar-refractivity contribution is 5.97. The first-order chi connectivity index (χ1) is 15.6. The van der Waals surface area contributed by atoms with Gasteiger partial charge in [-0.3, -0.25) is 10.2 Å². The summed E-state index contributed by atoms with van der Waals surface area (Å²) in [6.45, 7) is 1.12. The van der Waals surface area contributed by atoms with E-state index < -0.39 is 54.8 Å². The van der Waals surface area contributed by atoms with E-state index in [9.17, 15) is 19.8 Å². The highest BCUT2D eigenvalue weighted by Crippen LogP contribution is 2.26. The summed E-state index contributed by atoms with van der Waals surface area (Å²) < 4.78 is 11.9. The fraction of sp³-hybridized carbons (Fsp3) is 0.706. The average molecular weight is 473 g/mol. The Labute approximate surface area is 187 Å². The molecule has 0 bridgehead atoms. The molecule has 1 aromatic rings. The number of rotatable bonds is 4. The Morgan fingerprint density at radius 3 is 2.33 bits per heavy atom. The van der Waals surface area contributed by atoms with Crippen molar-refractivity contribution in [2.24, 2.45) is 10.7 Å². The van der Waals surface area contributed by atoms with Crippen molar-refractivity contribution in [1.29, 1.82) is 0 Å². The van der Waals surface area contributed by atoms with Crippen LogP contribution < -0.4 is 27.0 Å². The van der Waals surface area contributed by atoms with Gasteiger partial charge in [0.25, 0.3) is 0 Å². The maximum absolute atomic E-state index is 11.7. The van der Waals surface area contributed by atoms with Gasteiger partial charge in [-0.15, -0.1) is 0 Å². The minimum absolute atomic E-state index is 0.0125. The molecule has 0 saturated carbocycles. The van der Waals surface area contributed by atoms with Gasteiger partial charge in [0.1, 0.15) is 24.6 Å². The maximum atomic E-state index is 11.7. The number of anilines is 1. The van der Waals surface area contributed by atoms with E-state index in [1.165, 1.54) is 15.8 Å². The molecule has 16 nitrogen and oxygen atoms in total. The average Bonchev–Trinajstić information content (AvgIpc) is 3.29. The van der Waals surface area contributed by atoms with Crippen molar-refractivity contribution in [1.82, 2.24) is 20.2 Å². The van der Waals surface area contributed by atoms with Crippen molar-refractivity contribution in [3.8, 4) is 0 Å². The van der Waals surface area contributed by atoms with Gasteiger partial charge >= 0.3 is 17.7 Å². The number of aromatic amines is 1. The van der Waals surface area contributed by atoms with Crippen LogP contribution in [0.2, 0.25) is 0 Å². The molecule has 10 N–H and O–H groups in total. The summed E-state index contributed by atoms with van der Waals surface area (Å²) in [5.74, 6) is 0.0782. The first-order valence-electron chi connectivity index (χ1n) is 10.2. The van der Waals surface area contributed by atoms with E-state index in [0.717, 1.165) is 0 Å². The number of ether oxygens (including phenoxy) is 2. The van der Waals surface area contributed by atoms with Crippen LogP contribution in [-0.4, -0.2) is 97.3 Å². The van der Waals surface area contributed by atoms with Crippen molar-refractivity contribution in [3.05, 3.63) is 16.8 Å². The summed E-state index contributed by atoms with van der Waals surface area (Å²) in [6, 6.07) is -0.416. The van der Waals surface area contributed by atoms with Crippen molar-refractivity contribution in [3.63, 3.8) is 0 Å². The number of aromatic nitrogens is 3. The van der Waals surface area contributed by atoms with E-state index in [1.54, 1.807) is 6.92 Å². The number of guanidine groups is 1. The number of carbonyl (C=O) groups is 1. The lowest BCUT2D eigenvalue weighted by Crippen LogP contribution is -2.57. The van der Waals surface area contributed by atoms with E-state index in [4.69, 9.17) is 31.2 Å². The Morgan fingerprint density at radius 2 is 1.79 bits per heavy atom. The standard InChI is InChI=1S/C9H16N4O4.C8H12N4O4/c1-4-11-8(10)12-9(16)13(4)7-2-5(15)6(3-14)17-7;9-7-10-3-12(8(15)11-7)6-1-4(14)5(2-13)16-6/h4-7,14-15H,2-3H2,1H3,(H3,10,11,12,16);3-6,13-14H,1-2H2,(H2,9,11,15)/p+1/t4?,5?,6-,7-;4?,5-,6-/m11/s1. The third kappa shape index (κ3) is 5.55. The summed E-state index contributed by atoms with van der Waals surface area (Å²) in [5.41, 5.74) is 10.2. The summed E-state index contributed by atoms with van der Waals surface area (Å²) in [5, 5.41) is 39.4. The van der Waals surface area contributed by atoms with Gasteiger partial charge in [0.15, 0.2) is 12.2 Å². The van der Waals surface area contributed by atoms with Crippen LogP contribution in [0.15, 0.2) is 16.1 Å². The molecule has 0 aromatic carbocycles. The molecular formula is C17H29N8O8+. The number of amides is 2. The van der Waals surface area contributed by atoms with Gasteiger partial charge in [0.05, 0.1) is 25.4 Å². The zero-order valence-corrected chi connectivity index (χ0v) is 17.8. The number of aliphatic imine (C=N–C) groups is 1. The van der Waals surface area contributed by atoms with Gasteiger partial charge < -0.3 is 41.4 Å². The Morgan fingerprint density at radius 1 is 1.15 bits per heavy atom. The lowest BCUT2D eigenvalue weighted by Gasteiger charge is -2.34. The maximum Gasteiger partial charge on any atom is 0.446 e. The highest BCUT2D eigenvalue weighted by Gasteiger charge is 2.42. The Bertz CT molecular complexity index is 929. The molecule has 3 unspecified atom stereocenters. The van der Waals surface area contributed by atoms with E-state index in [0.29, 0.717) is 0 Å². The molecule has 0 spiro atoms. The Kier molecular flexibility index (Phi) is 7.77. The number of aliphatic hydroxyl groups excluding tert-OH is 4. The zero-order chi connectivity index (χ0) is 24.3. The Hall–Kier alpha value is -2.89. The van der Waals surface area contributed by atoms with Gasteiger partial charge in [-0.2, -0.15) is 9.55 Å². The molecule has 2 fully saturated rings. The monoisotopic (exact) mass is 473 g/mol. The molecule has 2 saturated heterocycles. The number of H-pyrrole nitrogens is 1. The van der Waals surface area contributed by atoms with Gasteiger partial charge in [-0.25, -0.2) is 14.6 Å². The van der Waals surface area contributed by atoms with E-state index in [2.05, 4.69) is 20.3 Å². The first-order valence-corrected chi connectivity index (χ1v) is 10.2. The molecule has 4 rings (SSSR count). The van der Waals surface area contributed by atoms with Crippen molar-refractivity contribution in [2.45, 2.75) is 62.8 Å². The number of aliphatic hydroxyl groups is 4. The predicted molar refractivity (Wildman–Crippen MR) is 109 cm³/mol. The second kappa shape index (κ2) is 10.4. The summed E-state index contributed by atoms with van der Waals surface area (Å²) in [7, 11) is 0. The summed E-state index contributed by atoms with van der Waals surface area (Å²) in [4.78, 5) is 34.6. The fourth-order valence-corrected chi connectivity index (χ4v) is 3.70. The van der Waals surface area contributed by atoms with Crippen LogP contribution in [0.3, 0.4) is 0 Å². The molecule has 0 radical (unpaired) electrons. The molecule has 1 aromatic heterocycles. The number of nitrogens with two attached hydrogens (primary N) is 2. The van der Waals surface area contributed by atoms with Crippen molar-refractivity contribution < 1.29 is 39.3 Å². The zero-order valence-electron chi connectivity index (χ0n) is 17.8. The molecule has 184 valence electrons. The second-order valence-corrected chi connectivity index (χ2v) is 7.68. The number of urea groups is 1. The number of nitrogens with zero attached hydrogens (tertiary/aromatic N) is 4. The number of nitrogens with one attached hydrogen (secondary N) is 2. The molecule has 3 aliphatic heterocycles. The minimum Gasteiger partial charge on any atom is -0.394 e. The quantitative estimate of drug-likeness (QED) is 0.193. The van der Waals surface area contributed by atoms with Gasteiger partial charge in [-0.05, 0) is 6.92 Å². The summed E-state index contributed by atoms with van der Waals surface area (Å²) in [6.07, 6.45) is -2.89. The van der Waals surface area contributed by atoms with E-state index in [-0.39, 0.29) is 38.0 Å². The van der Waals surface area contributed by atoms with E-state index in [1.807, 2.05) is 0 Å². The largest absolute Gasteiger partial charge is 0.446 e. The SMILES string of the molecule is CC1N=C(N)NC(=O)N1[C@H]1CC(O)[C@@H](CO)O1.Nc1nc[n+]([C@H]2CC(O)[C@@H](CO)O2)c(=O)[nH]1. The van der Waals surface area contributed by atoms with Crippen LogP contribution in [-0.2, 0) is 9.47 Å². The second-order valence-electron chi connectivity index (χ2n) is 7.68. The predicted octanol–water partition coefficient (Wildman–Crippen LogP) is -4.58. The molecule has 33 heavy (non-hydrogen) atoms. The van der Waals surface area contributed by atoms with Crippen LogP contribution in [0.25, 0.3) is 0 Å².